The Morgan fingerprint density at radius 1 is 1.32 bits per heavy atom. The van der Waals surface area contributed by atoms with Crippen LogP contribution in [0.4, 0.5) is 0 Å². The lowest BCUT2D eigenvalue weighted by Crippen LogP contribution is -2.44. The monoisotopic (exact) mass is 265 g/mol. The largest absolute Gasteiger partial charge is 0.497 e. The van der Waals surface area contributed by atoms with Gasteiger partial charge in [0.15, 0.2) is 0 Å². The third kappa shape index (κ3) is 3.47. The third-order valence-corrected chi connectivity index (χ3v) is 3.75. The van der Waals surface area contributed by atoms with Gasteiger partial charge in [0.25, 0.3) is 0 Å². The minimum absolute atomic E-state index is 0.111. The van der Waals surface area contributed by atoms with Crippen LogP contribution in [0, 0.1) is 0 Å². The van der Waals surface area contributed by atoms with Crippen LogP contribution in [0.25, 0.3) is 0 Å². The van der Waals surface area contributed by atoms with Crippen LogP contribution in [0.1, 0.15) is 32.3 Å². The van der Waals surface area contributed by atoms with Gasteiger partial charge in [-0.15, -0.1) is 0 Å². The van der Waals surface area contributed by atoms with E-state index in [2.05, 4.69) is 0 Å². The molecular formula is C15H23NO3. The van der Waals surface area contributed by atoms with Crippen molar-refractivity contribution >= 4 is 5.97 Å². The summed E-state index contributed by atoms with van der Waals surface area (Å²) >= 11 is 0. The molecule has 4 heteroatoms. The van der Waals surface area contributed by atoms with Crippen LogP contribution in [0.2, 0.25) is 0 Å². The number of rotatable bonds is 6. The number of carbonyl (C=O) groups is 1. The van der Waals surface area contributed by atoms with E-state index >= 15 is 0 Å². The SMILES string of the molecule is CCC(N)C(C)(CC(=O)OC)c1ccc(OC)cc1. The van der Waals surface area contributed by atoms with Gasteiger partial charge in [0.05, 0.1) is 20.6 Å². The van der Waals surface area contributed by atoms with Crippen molar-refractivity contribution in [1.82, 2.24) is 0 Å². The number of esters is 1. The number of benzene rings is 1. The number of ether oxygens (including phenoxy) is 2. The Morgan fingerprint density at radius 2 is 1.89 bits per heavy atom. The minimum Gasteiger partial charge on any atom is -0.497 e. The molecule has 0 aliphatic rings. The predicted molar refractivity (Wildman–Crippen MR) is 75.2 cm³/mol. The van der Waals surface area contributed by atoms with E-state index in [1.807, 2.05) is 38.1 Å². The van der Waals surface area contributed by atoms with Crippen LogP contribution in [0.15, 0.2) is 24.3 Å². The van der Waals surface area contributed by atoms with Crippen LogP contribution < -0.4 is 10.5 Å². The molecule has 0 fully saturated rings. The molecule has 0 heterocycles. The molecule has 2 N–H and O–H groups in total. The summed E-state index contributed by atoms with van der Waals surface area (Å²) in [6.07, 6.45) is 1.06. The van der Waals surface area contributed by atoms with Crippen molar-refractivity contribution in [3.63, 3.8) is 0 Å². The average Bonchev–Trinajstić information content (AvgIpc) is 2.45. The van der Waals surface area contributed by atoms with Gasteiger partial charge in [-0.3, -0.25) is 4.79 Å². The number of hydrogen-bond acceptors (Lipinski definition) is 4. The molecule has 0 saturated carbocycles. The molecule has 0 amide bonds. The van der Waals surface area contributed by atoms with Gasteiger partial charge in [-0.25, -0.2) is 0 Å². The number of methoxy groups -OCH3 is 2. The van der Waals surface area contributed by atoms with Crippen LogP contribution in [-0.2, 0) is 14.9 Å². The second kappa shape index (κ2) is 6.57. The average molecular weight is 265 g/mol. The van der Waals surface area contributed by atoms with E-state index < -0.39 is 5.41 Å². The maximum atomic E-state index is 11.6. The predicted octanol–water partition coefficient (Wildman–Crippen LogP) is 2.25. The first-order chi connectivity index (χ1) is 8.97. The van der Waals surface area contributed by atoms with Crippen LogP contribution in [0.3, 0.4) is 0 Å². The Kier molecular flexibility index (Phi) is 5.36. The zero-order valence-corrected chi connectivity index (χ0v) is 12.1. The van der Waals surface area contributed by atoms with E-state index in [9.17, 15) is 4.79 Å². The number of carbonyl (C=O) groups excluding carboxylic acids is 1. The molecular weight excluding hydrogens is 242 g/mol. The van der Waals surface area contributed by atoms with E-state index in [0.29, 0.717) is 0 Å². The van der Waals surface area contributed by atoms with Gasteiger partial charge in [0.2, 0.25) is 0 Å². The first kappa shape index (κ1) is 15.5. The minimum atomic E-state index is -0.436. The van der Waals surface area contributed by atoms with Crippen molar-refractivity contribution in [2.24, 2.45) is 5.73 Å². The summed E-state index contributed by atoms with van der Waals surface area (Å²) < 4.78 is 9.94. The first-order valence-electron chi connectivity index (χ1n) is 6.44. The van der Waals surface area contributed by atoms with Crippen molar-refractivity contribution in [1.29, 1.82) is 0 Å². The molecule has 0 radical (unpaired) electrons. The quantitative estimate of drug-likeness (QED) is 0.801. The van der Waals surface area contributed by atoms with Gasteiger partial charge >= 0.3 is 5.97 Å². The summed E-state index contributed by atoms with van der Waals surface area (Å²) in [5.41, 5.74) is 6.80. The topological polar surface area (TPSA) is 61.6 Å². The highest BCUT2D eigenvalue weighted by atomic mass is 16.5. The smallest absolute Gasteiger partial charge is 0.306 e. The molecule has 0 saturated heterocycles. The lowest BCUT2D eigenvalue weighted by molar-refractivity contribution is -0.142. The fourth-order valence-corrected chi connectivity index (χ4v) is 2.24. The fraction of sp³-hybridized carbons (Fsp3) is 0.533. The van der Waals surface area contributed by atoms with E-state index in [0.717, 1.165) is 17.7 Å². The molecule has 106 valence electrons. The molecule has 0 aromatic heterocycles. The van der Waals surface area contributed by atoms with Gasteiger partial charge in [0, 0.05) is 11.5 Å². The molecule has 0 aliphatic carbocycles. The Hall–Kier alpha value is -1.55. The first-order valence-corrected chi connectivity index (χ1v) is 6.44. The normalized spacial score (nSPS) is 15.4. The second-order valence-electron chi connectivity index (χ2n) is 4.91. The third-order valence-electron chi connectivity index (χ3n) is 3.75. The van der Waals surface area contributed by atoms with Gasteiger partial charge in [-0.2, -0.15) is 0 Å². The summed E-state index contributed by atoms with van der Waals surface area (Å²) in [5, 5.41) is 0. The van der Waals surface area contributed by atoms with Gasteiger partial charge in [-0.1, -0.05) is 26.0 Å². The van der Waals surface area contributed by atoms with Crippen molar-refractivity contribution in [2.45, 2.75) is 38.1 Å². The Balaban J connectivity index is 3.10. The highest BCUT2D eigenvalue weighted by Crippen LogP contribution is 2.33. The summed E-state index contributed by atoms with van der Waals surface area (Å²) in [6.45, 7) is 4.02. The van der Waals surface area contributed by atoms with Crippen LogP contribution in [-0.4, -0.2) is 26.2 Å². The van der Waals surface area contributed by atoms with E-state index in [1.165, 1.54) is 7.11 Å². The molecule has 1 rings (SSSR count). The molecule has 19 heavy (non-hydrogen) atoms. The van der Waals surface area contributed by atoms with Crippen LogP contribution in [0.5, 0.6) is 5.75 Å². The number of nitrogens with two attached hydrogens (primary N) is 1. The summed E-state index contributed by atoms with van der Waals surface area (Å²) in [6, 6.07) is 7.56. The summed E-state index contributed by atoms with van der Waals surface area (Å²) in [5.74, 6) is 0.538. The molecule has 2 atom stereocenters. The summed E-state index contributed by atoms with van der Waals surface area (Å²) in [7, 11) is 3.02. The van der Waals surface area contributed by atoms with E-state index in [1.54, 1.807) is 7.11 Å². The number of hydrogen-bond donors (Lipinski definition) is 1. The van der Waals surface area contributed by atoms with Crippen molar-refractivity contribution < 1.29 is 14.3 Å². The maximum absolute atomic E-state index is 11.6. The second-order valence-corrected chi connectivity index (χ2v) is 4.91. The Bertz CT molecular complexity index is 416. The fourth-order valence-electron chi connectivity index (χ4n) is 2.24. The van der Waals surface area contributed by atoms with Crippen molar-refractivity contribution in [2.75, 3.05) is 14.2 Å². The Labute approximate surface area is 114 Å². The summed E-state index contributed by atoms with van der Waals surface area (Å²) in [4.78, 5) is 11.6. The maximum Gasteiger partial charge on any atom is 0.306 e. The highest BCUT2D eigenvalue weighted by Gasteiger charge is 2.35. The molecule has 4 nitrogen and oxygen atoms in total. The lowest BCUT2D eigenvalue weighted by Gasteiger charge is -2.34. The molecule has 2 unspecified atom stereocenters. The highest BCUT2D eigenvalue weighted by molar-refractivity contribution is 5.71. The van der Waals surface area contributed by atoms with E-state index in [4.69, 9.17) is 15.2 Å². The molecule has 1 aromatic rings. The molecule has 0 aliphatic heterocycles. The van der Waals surface area contributed by atoms with Gasteiger partial charge in [-0.05, 0) is 24.1 Å². The molecule has 0 bridgehead atoms. The molecule has 0 spiro atoms. The molecule has 1 aromatic carbocycles. The van der Waals surface area contributed by atoms with Crippen molar-refractivity contribution in [3.8, 4) is 5.75 Å². The Morgan fingerprint density at radius 3 is 2.32 bits per heavy atom. The van der Waals surface area contributed by atoms with Gasteiger partial charge in [0.1, 0.15) is 5.75 Å². The standard InChI is InChI=1S/C15H23NO3/c1-5-13(16)15(2,10-14(17)19-4)11-6-8-12(18-3)9-7-11/h6-9,13H,5,10,16H2,1-4H3. The van der Waals surface area contributed by atoms with Crippen molar-refractivity contribution in [3.05, 3.63) is 29.8 Å². The lowest BCUT2D eigenvalue weighted by atomic mass is 9.72. The van der Waals surface area contributed by atoms with Crippen LogP contribution >= 0.6 is 0 Å². The van der Waals surface area contributed by atoms with Gasteiger partial charge < -0.3 is 15.2 Å². The zero-order valence-electron chi connectivity index (χ0n) is 12.1. The zero-order chi connectivity index (χ0) is 14.5. The van der Waals surface area contributed by atoms with E-state index in [-0.39, 0.29) is 18.4 Å².